The van der Waals surface area contributed by atoms with Crippen molar-refractivity contribution in [2.45, 2.75) is 0 Å². The number of anilines is 1. The Labute approximate surface area is 176 Å². The van der Waals surface area contributed by atoms with Crippen LogP contribution in [0.25, 0.3) is 22.5 Å². The van der Waals surface area contributed by atoms with E-state index in [2.05, 4.69) is 36.4 Å². The quantitative estimate of drug-likeness (QED) is 0.304. The molecule has 0 aliphatic heterocycles. The highest BCUT2D eigenvalue weighted by Crippen LogP contribution is 2.25. The number of halogens is 1. The van der Waals surface area contributed by atoms with Crippen molar-refractivity contribution in [3.8, 4) is 28.3 Å². The predicted octanol–water partition coefficient (Wildman–Crippen LogP) is 5.72. The first-order valence-electron chi connectivity index (χ1n) is 8.96. The Morgan fingerprint density at radius 2 is 1.38 bits per heavy atom. The highest BCUT2D eigenvalue weighted by molar-refractivity contribution is 9.10. The molecule has 5 nitrogen and oxygen atoms in total. The van der Waals surface area contributed by atoms with Crippen molar-refractivity contribution in [2.75, 3.05) is 5.43 Å². The van der Waals surface area contributed by atoms with Gasteiger partial charge >= 0.3 is 0 Å². The highest BCUT2D eigenvalue weighted by Gasteiger charge is 2.08. The number of aromatic nitrogens is 2. The van der Waals surface area contributed by atoms with Gasteiger partial charge in [-0.1, -0.05) is 76.6 Å². The zero-order chi connectivity index (χ0) is 20.1. The summed E-state index contributed by atoms with van der Waals surface area (Å²) in [5.74, 6) is 0.513. The molecule has 4 aromatic rings. The summed E-state index contributed by atoms with van der Waals surface area (Å²) in [4.78, 5) is 9.19. The molecule has 6 heteroatoms. The normalized spacial score (nSPS) is 10.9. The summed E-state index contributed by atoms with van der Waals surface area (Å²) < 4.78 is 0.852. The summed E-state index contributed by atoms with van der Waals surface area (Å²) in [6, 6.07) is 26.9. The molecule has 1 heterocycles. The van der Waals surface area contributed by atoms with Gasteiger partial charge < -0.3 is 5.11 Å². The number of hydrogen-bond acceptors (Lipinski definition) is 5. The van der Waals surface area contributed by atoms with Gasteiger partial charge in [-0.3, -0.25) is 0 Å². The molecular weight excluding hydrogens is 428 g/mol. The van der Waals surface area contributed by atoms with Crippen molar-refractivity contribution in [1.29, 1.82) is 0 Å². The lowest BCUT2D eigenvalue weighted by molar-refractivity contribution is 0.474. The van der Waals surface area contributed by atoms with Gasteiger partial charge in [0.05, 0.1) is 17.6 Å². The third-order valence-corrected chi connectivity index (χ3v) is 4.72. The predicted molar refractivity (Wildman–Crippen MR) is 120 cm³/mol. The number of phenols is 1. The third-order valence-electron chi connectivity index (χ3n) is 4.22. The van der Waals surface area contributed by atoms with Gasteiger partial charge in [0.15, 0.2) is 0 Å². The fourth-order valence-corrected chi connectivity index (χ4v) is 3.18. The molecule has 1 aromatic heterocycles. The summed E-state index contributed by atoms with van der Waals surface area (Å²) in [6.07, 6.45) is 1.53. The Morgan fingerprint density at radius 3 is 1.97 bits per heavy atom. The minimum absolute atomic E-state index is 0.141. The van der Waals surface area contributed by atoms with E-state index in [1.807, 2.05) is 66.7 Å². The van der Waals surface area contributed by atoms with E-state index in [1.165, 1.54) is 6.21 Å². The van der Waals surface area contributed by atoms with Crippen molar-refractivity contribution in [2.24, 2.45) is 5.10 Å². The van der Waals surface area contributed by atoms with Crippen molar-refractivity contribution in [3.63, 3.8) is 0 Å². The molecule has 0 aliphatic rings. The molecule has 0 aliphatic carbocycles. The minimum Gasteiger partial charge on any atom is -0.507 e. The van der Waals surface area contributed by atoms with Gasteiger partial charge in [0.1, 0.15) is 5.75 Å². The lowest BCUT2D eigenvalue weighted by Crippen LogP contribution is -2.00. The summed E-state index contributed by atoms with van der Waals surface area (Å²) in [7, 11) is 0. The van der Waals surface area contributed by atoms with Crippen LogP contribution < -0.4 is 5.43 Å². The molecule has 0 bridgehead atoms. The number of hydrogen-bond donors (Lipinski definition) is 2. The first kappa shape index (κ1) is 18.8. The fourth-order valence-electron chi connectivity index (χ4n) is 2.80. The Bertz CT molecular complexity index is 1090. The molecular formula is C23H17BrN4O. The molecule has 142 valence electrons. The molecule has 0 spiro atoms. The monoisotopic (exact) mass is 444 g/mol. The summed E-state index contributed by atoms with van der Waals surface area (Å²) in [5, 5.41) is 14.1. The Morgan fingerprint density at radius 1 is 0.793 bits per heavy atom. The van der Waals surface area contributed by atoms with E-state index in [0.717, 1.165) is 27.0 Å². The average Bonchev–Trinajstić information content (AvgIpc) is 2.77. The van der Waals surface area contributed by atoms with Gasteiger partial charge in [-0.15, -0.1) is 0 Å². The van der Waals surface area contributed by atoms with Gasteiger partial charge in [-0.05, 0) is 24.3 Å². The lowest BCUT2D eigenvalue weighted by Gasteiger charge is -2.08. The van der Waals surface area contributed by atoms with Gasteiger partial charge in [-0.2, -0.15) is 5.10 Å². The van der Waals surface area contributed by atoms with Crippen LogP contribution in [0.5, 0.6) is 5.75 Å². The van der Waals surface area contributed by atoms with Gasteiger partial charge in [0.25, 0.3) is 0 Å². The number of phenolic OH excluding ortho intramolecular Hbond substituents is 1. The second-order valence-electron chi connectivity index (χ2n) is 6.27. The maximum atomic E-state index is 9.95. The molecule has 4 rings (SSSR count). The lowest BCUT2D eigenvalue weighted by atomic mass is 10.1. The Hall–Kier alpha value is -3.51. The van der Waals surface area contributed by atoms with Crippen LogP contribution in [-0.2, 0) is 0 Å². The van der Waals surface area contributed by atoms with Crippen LogP contribution in [-0.4, -0.2) is 21.3 Å². The SMILES string of the molecule is Oc1ccc(Br)cc1C=NNc1nc(-c2ccccc2)cc(-c2ccccc2)n1. The van der Waals surface area contributed by atoms with Crippen LogP contribution in [0, 0.1) is 0 Å². The largest absolute Gasteiger partial charge is 0.507 e. The van der Waals surface area contributed by atoms with Crippen LogP contribution in [0.3, 0.4) is 0 Å². The van der Waals surface area contributed by atoms with Gasteiger partial charge in [0, 0.05) is 21.2 Å². The van der Waals surface area contributed by atoms with Crippen LogP contribution in [0.15, 0.2) is 94.5 Å². The zero-order valence-corrected chi connectivity index (χ0v) is 16.9. The summed E-state index contributed by atoms with van der Waals surface area (Å²) >= 11 is 3.39. The van der Waals surface area contributed by atoms with Crippen molar-refractivity contribution in [3.05, 3.63) is 95.0 Å². The van der Waals surface area contributed by atoms with Crippen molar-refractivity contribution in [1.82, 2.24) is 9.97 Å². The van der Waals surface area contributed by atoms with Crippen molar-refractivity contribution < 1.29 is 5.11 Å². The maximum absolute atomic E-state index is 9.95. The molecule has 29 heavy (non-hydrogen) atoms. The summed E-state index contributed by atoms with van der Waals surface area (Å²) in [5.41, 5.74) is 7.03. The van der Waals surface area contributed by atoms with E-state index < -0.39 is 0 Å². The van der Waals surface area contributed by atoms with E-state index >= 15 is 0 Å². The van der Waals surface area contributed by atoms with Gasteiger partial charge in [0.2, 0.25) is 5.95 Å². The van der Waals surface area contributed by atoms with Crippen LogP contribution in [0.2, 0.25) is 0 Å². The van der Waals surface area contributed by atoms with Crippen molar-refractivity contribution >= 4 is 28.1 Å². The van der Waals surface area contributed by atoms with E-state index in [4.69, 9.17) is 0 Å². The molecule has 0 radical (unpaired) electrons. The van der Waals surface area contributed by atoms with E-state index in [1.54, 1.807) is 18.2 Å². The molecule has 3 aromatic carbocycles. The number of rotatable bonds is 5. The molecule has 0 atom stereocenters. The Balaban J connectivity index is 1.68. The zero-order valence-electron chi connectivity index (χ0n) is 15.3. The smallest absolute Gasteiger partial charge is 0.244 e. The molecule has 0 unspecified atom stereocenters. The second kappa shape index (κ2) is 8.67. The average molecular weight is 445 g/mol. The number of benzene rings is 3. The standard InChI is InChI=1S/C23H17BrN4O/c24-19-11-12-22(29)18(13-19)15-25-28-23-26-20(16-7-3-1-4-8-16)14-21(27-23)17-9-5-2-6-10-17/h1-15,29H,(H,26,27,28). The maximum Gasteiger partial charge on any atom is 0.244 e. The molecule has 0 saturated heterocycles. The summed E-state index contributed by atoms with van der Waals surface area (Å²) in [6.45, 7) is 0. The fraction of sp³-hybridized carbons (Fsp3) is 0. The van der Waals surface area contributed by atoms with Crippen LogP contribution in [0.1, 0.15) is 5.56 Å². The first-order chi connectivity index (χ1) is 14.2. The number of nitrogens with one attached hydrogen (secondary N) is 1. The second-order valence-corrected chi connectivity index (χ2v) is 7.18. The van der Waals surface area contributed by atoms with E-state index in [9.17, 15) is 5.11 Å². The number of nitrogens with zero attached hydrogens (tertiary/aromatic N) is 3. The molecule has 0 fully saturated rings. The topological polar surface area (TPSA) is 70.4 Å². The number of hydrazone groups is 1. The molecule has 0 amide bonds. The first-order valence-corrected chi connectivity index (χ1v) is 9.76. The highest BCUT2D eigenvalue weighted by atomic mass is 79.9. The van der Waals surface area contributed by atoms with Crippen LogP contribution >= 0.6 is 15.9 Å². The van der Waals surface area contributed by atoms with Gasteiger partial charge in [-0.25, -0.2) is 15.4 Å². The molecule has 2 N–H and O–H groups in total. The number of aromatic hydroxyl groups is 1. The van der Waals surface area contributed by atoms with Crippen LogP contribution in [0.4, 0.5) is 5.95 Å². The molecule has 0 saturated carbocycles. The van der Waals surface area contributed by atoms with E-state index in [-0.39, 0.29) is 5.75 Å². The minimum atomic E-state index is 0.141. The third kappa shape index (κ3) is 4.67. The van der Waals surface area contributed by atoms with E-state index in [0.29, 0.717) is 11.5 Å². The Kier molecular flexibility index (Phi) is 5.63.